The van der Waals surface area contributed by atoms with E-state index in [0.717, 1.165) is 5.92 Å². The molecule has 2 aliphatic rings. The molecule has 118 valence electrons. The van der Waals surface area contributed by atoms with Gasteiger partial charge in [0, 0.05) is 24.2 Å². The van der Waals surface area contributed by atoms with Crippen molar-refractivity contribution < 1.29 is 0 Å². The molecule has 1 saturated heterocycles. The number of piperazine rings is 1. The minimum atomic E-state index is 0.367. The Balaban J connectivity index is 1.99. The number of rotatable bonds is 8. The van der Waals surface area contributed by atoms with Gasteiger partial charge < -0.3 is 5.32 Å². The van der Waals surface area contributed by atoms with Crippen LogP contribution in [0.2, 0.25) is 0 Å². The lowest BCUT2D eigenvalue weighted by molar-refractivity contribution is -0.00177. The highest BCUT2D eigenvalue weighted by atomic mass is 32.2. The first-order valence-corrected chi connectivity index (χ1v) is 9.83. The van der Waals surface area contributed by atoms with Crippen LogP contribution in [0.3, 0.4) is 0 Å². The largest absolute Gasteiger partial charge is 0.308 e. The molecule has 0 spiro atoms. The lowest BCUT2D eigenvalue weighted by Crippen LogP contribution is -2.69. The maximum absolute atomic E-state index is 3.93. The Morgan fingerprint density at radius 3 is 2.45 bits per heavy atom. The van der Waals surface area contributed by atoms with Gasteiger partial charge in [-0.15, -0.1) is 0 Å². The minimum absolute atomic E-state index is 0.367. The Hall–Kier alpha value is 0.270. The lowest BCUT2D eigenvalue weighted by Gasteiger charge is -2.54. The summed E-state index contributed by atoms with van der Waals surface area (Å²) < 4.78 is 0. The topological polar surface area (TPSA) is 15.3 Å². The van der Waals surface area contributed by atoms with E-state index in [1.165, 1.54) is 63.2 Å². The molecule has 1 aliphatic carbocycles. The second-order valence-electron chi connectivity index (χ2n) is 6.94. The van der Waals surface area contributed by atoms with Gasteiger partial charge in [0.2, 0.25) is 0 Å². The van der Waals surface area contributed by atoms with E-state index in [1.807, 2.05) is 0 Å². The fourth-order valence-corrected chi connectivity index (χ4v) is 4.37. The molecular weight excluding hydrogens is 264 g/mol. The summed E-state index contributed by atoms with van der Waals surface area (Å²) in [5.74, 6) is 3.53. The molecule has 1 saturated carbocycles. The summed E-state index contributed by atoms with van der Waals surface area (Å²) in [4.78, 5) is 2.85. The van der Waals surface area contributed by atoms with Crippen LogP contribution in [0.15, 0.2) is 0 Å². The summed E-state index contributed by atoms with van der Waals surface area (Å²) in [5.41, 5.74) is 0.789. The average Bonchev–Trinajstić information content (AvgIpc) is 3.31. The summed E-state index contributed by atoms with van der Waals surface area (Å²) in [6.07, 6.45) is 6.76. The van der Waals surface area contributed by atoms with Crippen molar-refractivity contribution in [1.29, 1.82) is 0 Å². The number of hydrogen-bond acceptors (Lipinski definition) is 3. The van der Waals surface area contributed by atoms with Gasteiger partial charge in [0.15, 0.2) is 0 Å². The van der Waals surface area contributed by atoms with Crippen LogP contribution >= 0.6 is 11.8 Å². The molecule has 2 rings (SSSR count). The zero-order valence-electron chi connectivity index (χ0n) is 14.0. The van der Waals surface area contributed by atoms with E-state index in [1.54, 1.807) is 0 Å². The zero-order valence-corrected chi connectivity index (χ0v) is 14.8. The van der Waals surface area contributed by atoms with Crippen LogP contribution in [-0.4, -0.2) is 47.1 Å². The van der Waals surface area contributed by atoms with Crippen molar-refractivity contribution in [2.45, 2.75) is 70.9 Å². The van der Waals surface area contributed by atoms with Crippen LogP contribution in [0.25, 0.3) is 0 Å². The van der Waals surface area contributed by atoms with Gasteiger partial charge in [-0.2, -0.15) is 11.8 Å². The molecule has 0 amide bonds. The third-order valence-electron chi connectivity index (χ3n) is 5.77. The third kappa shape index (κ3) is 3.53. The SMILES string of the molecule is CCSCCCN1CC(CC)(CC)NCC1(C)C1CC1. The predicted octanol–water partition coefficient (Wildman–Crippen LogP) is 3.76. The Labute approximate surface area is 130 Å². The fourth-order valence-electron chi connectivity index (χ4n) is 3.75. The molecule has 1 atom stereocenters. The molecule has 20 heavy (non-hydrogen) atoms. The predicted molar refractivity (Wildman–Crippen MR) is 91.6 cm³/mol. The number of nitrogens with one attached hydrogen (secondary N) is 1. The minimum Gasteiger partial charge on any atom is -0.308 e. The van der Waals surface area contributed by atoms with Crippen molar-refractivity contribution in [3.05, 3.63) is 0 Å². The van der Waals surface area contributed by atoms with Gasteiger partial charge in [0.25, 0.3) is 0 Å². The number of nitrogens with zero attached hydrogens (tertiary/aromatic N) is 1. The standard InChI is InChI=1S/C17H34N2S/c1-5-17(6-2)14-19(11-8-12-20-7-3)16(4,13-18-17)15-9-10-15/h15,18H,5-14H2,1-4H3. The van der Waals surface area contributed by atoms with Gasteiger partial charge in [-0.25, -0.2) is 0 Å². The molecule has 2 fully saturated rings. The van der Waals surface area contributed by atoms with Crippen molar-refractivity contribution in [3.8, 4) is 0 Å². The Morgan fingerprint density at radius 1 is 1.20 bits per heavy atom. The summed E-state index contributed by atoms with van der Waals surface area (Å²) in [6, 6.07) is 0. The number of thioether (sulfide) groups is 1. The number of hydrogen-bond donors (Lipinski definition) is 1. The summed E-state index contributed by atoms with van der Waals surface area (Å²) in [5, 5.41) is 3.93. The van der Waals surface area contributed by atoms with E-state index in [4.69, 9.17) is 0 Å². The van der Waals surface area contributed by atoms with Crippen molar-refractivity contribution in [2.24, 2.45) is 5.92 Å². The molecule has 0 radical (unpaired) electrons. The maximum Gasteiger partial charge on any atom is 0.0334 e. The van der Waals surface area contributed by atoms with Crippen molar-refractivity contribution in [1.82, 2.24) is 10.2 Å². The molecule has 3 heteroatoms. The molecule has 1 unspecified atom stereocenters. The highest BCUT2D eigenvalue weighted by Gasteiger charge is 2.50. The van der Waals surface area contributed by atoms with Crippen LogP contribution in [0.4, 0.5) is 0 Å². The quantitative estimate of drug-likeness (QED) is 0.687. The summed E-state index contributed by atoms with van der Waals surface area (Å²) in [7, 11) is 0. The second-order valence-corrected chi connectivity index (χ2v) is 8.34. The van der Waals surface area contributed by atoms with E-state index in [0.29, 0.717) is 11.1 Å². The molecule has 1 heterocycles. The van der Waals surface area contributed by atoms with Crippen molar-refractivity contribution in [2.75, 3.05) is 31.1 Å². The lowest BCUT2D eigenvalue weighted by atomic mass is 9.82. The van der Waals surface area contributed by atoms with Gasteiger partial charge in [-0.3, -0.25) is 4.90 Å². The summed E-state index contributed by atoms with van der Waals surface area (Å²) >= 11 is 2.09. The monoisotopic (exact) mass is 298 g/mol. The van der Waals surface area contributed by atoms with Crippen molar-refractivity contribution >= 4 is 11.8 Å². The highest BCUT2D eigenvalue weighted by Crippen LogP contribution is 2.45. The molecule has 0 aromatic rings. The molecule has 1 N–H and O–H groups in total. The van der Waals surface area contributed by atoms with Gasteiger partial charge in [0.05, 0.1) is 0 Å². The van der Waals surface area contributed by atoms with E-state index in [-0.39, 0.29) is 0 Å². The molecule has 0 aromatic carbocycles. The van der Waals surface area contributed by atoms with Crippen LogP contribution in [0, 0.1) is 5.92 Å². The molecule has 0 aromatic heterocycles. The van der Waals surface area contributed by atoms with E-state index in [9.17, 15) is 0 Å². The van der Waals surface area contributed by atoms with Crippen molar-refractivity contribution in [3.63, 3.8) is 0 Å². The van der Waals surface area contributed by atoms with E-state index >= 15 is 0 Å². The Kier molecular flexibility index (Phi) is 5.84. The molecule has 0 bridgehead atoms. The third-order valence-corrected chi connectivity index (χ3v) is 6.75. The Morgan fingerprint density at radius 2 is 1.90 bits per heavy atom. The second kappa shape index (κ2) is 7.02. The van der Waals surface area contributed by atoms with Gasteiger partial charge >= 0.3 is 0 Å². The normalized spacial score (nSPS) is 30.6. The average molecular weight is 299 g/mol. The van der Waals surface area contributed by atoms with Gasteiger partial charge in [-0.05, 0) is 63.0 Å². The molecular formula is C17H34N2S. The fraction of sp³-hybridized carbons (Fsp3) is 1.00. The van der Waals surface area contributed by atoms with E-state index in [2.05, 4.69) is 49.7 Å². The smallest absolute Gasteiger partial charge is 0.0334 e. The highest BCUT2D eigenvalue weighted by molar-refractivity contribution is 7.99. The Bertz CT molecular complexity index is 299. The first kappa shape index (κ1) is 16.6. The van der Waals surface area contributed by atoms with Crippen LogP contribution < -0.4 is 5.32 Å². The molecule has 1 aliphatic heterocycles. The van der Waals surface area contributed by atoms with Gasteiger partial charge in [-0.1, -0.05) is 20.8 Å². The first-order chi connectivity index (χ1) is 9.60. The molecule has 2 nitrogen and oxygen atoms in total. The maximum atomic E-state index is 3.93. The van der Waals surface area contributed by atoms with Gasteiger partial charge in [0.1, 0.15) is 0 Å². The summed E-state index contributed by atoms with van der Waals surface area (Å²) in [6.45, 7) is 13.2. The van der Waals surface area contributed by atoms with Crippen LogP contribution in [0.5, 0.6) is 0 Å². The van der Waals surface area contributed by atoms with Crippen LogP contribution in [-0.2, 0) is 0 Å². The van der Waals surface area contributed by atoms with Crippen LogP contribution in [0.1, 0.15) is 59.8 Å². The zero-order chi connectivity index (χ0) is 14.6. The first-order valence-electron chi connectivity index (χ1n) is 8.68. The van der Waals surface area contributed by atoms with E-state index < -0.39 is 0 Å².